The minimum absolute atomic E-state index is 0.0324. The van der Waals surface area contributed by atoms with Crippen molar-refractivity contribution < 1.29 is 14.5 Å². The van der Waals surface area contributed by atoms with Crippen molar-refractivity contribution in [2.75, 3.05) is 12.1 Å². The third-order valence-corrected chi connectivity index (χ3v) is 5.30. The number of non-ortho nitro benzene ring substituents is 1. The summed E-state index contributed by atoms with van der Waals surface area (Å²) in [4.78, 5) is 27.9. The number of nitro benzene ring substituents is 1. The number of rotatable bonds is 6. The maximum Gasteiger partial charge on any atom is 0.282 e. The van der Waals surface area contributed by atoms with E-state index in [0.717, 1.165) is 0 Å². The van der Waals surface area contributed by atoms with Crippen LogP contribution in [0.5, 0.6) is 5.75 Å². The summed E-state index contributed by atoms with van der Waals surface area (Å²) in [6.45, 7) is 1.69. The van der Waals surface area contributed by atoms with Crippen LogP contribution in [-0.2, 0) is 4.79 Å². The van der Waals surface area contributed by atoms with Gasteiger partial charge in [0.1, 0.15) is 11.4 Å². The molecule has 11 heteroatoms. The second-order valence-electron chi connectivity index (χ2n) is 6.50. The van der Waals surface area contributed by atoms with Crippen LogP contribution in [0, 0.1) is 10.1 Å². The molecule has 1 aliphatic rings. The average molecular weight is 436 g/mol. The van der Waals surface area contributed by atoms with E-state index in [0.29, 0.717) is 33.5 Å². The highest BCUT2D eigenvalue weighted by atomic mass is 32.1. The van der Waals surface area contributed by atoms with Gasteiger partial charge in [0.2, 0.25) is 5.13 Å². The Bertz CT molecular complexity index is 1220. The van der Waals surface area contributed by atoms with Crippen molar-refractivity contribution >= 4 is 39.5 Å². The number of azo groups is 1. The van der Waals surface area contributed by atoms with Crippen LogP contribution in [0.1, 0.15) is 6.92 Å². The van der Waals surface area contributed by atoms with Crippen molar-refractivity contribution in [3.8, 4) is 17.0 Å². The van der Waals surface area contributed by atoms with Gasteiger partial charge in [-0.3, -0.25) is 14.9 Å². The largest absolute Gasteiger partial charge is 0.494 e. The van der Waals surface area contributed by atoms with Gasteiger partial charge in [0.05, 0.1) is 23.4 Å². The first-order valence-corrected chi connectivity index (χ1v) is 9.99. The first kappa shape index (κ1) is 20.3. The number of ether oxygens (including phenoxy) is 1. The lowest BCUT2D eigenvalue weighted by atomic mass is 10.1. The molecular formula is C20H16N6O4S. The number of hydrogen-bond acceptors (Lipinski definition) is 9. The monoisotopic (exact) mass is 436 g/mol. The van der Waals surface area contributed by atoms with Gasteiger partial charge in [-0.1, -0.05) is 24.3 Å². The van der Waals surface area contributed by atoms with E-state index in [4.69, 9.17) is 4.74 Å². The number of benzene rings is 2. The van der Waals surface area contributed by atoms with Crippen LogP contribution < -0.4 is 9.75 Å². The number of amides is 1. The Morgan fingerprint density at radius 2 is 2.03 bits per heavy atom. The zero-order valence-corrected chi connectivity index (χ0v) is 17.3. The highest BCUT2D eigenvalue weighted by molar-refractivity contribution is 7.14. The van der Waals surface area contributed by atoms with E-state index in [1.54, 1.807) is 42.6 Å². The van der Waals surface area contributed by atoms with E-state index in [1.165, 1.54) is 35.6 Å². The van der Waals surface area contributed by atoms with Crippen LogP contribution in [0.25, 0.3) is 11.3 Å². The van der Waals surface area contributed by atoms with Crippen LogP contribution in [0.3, 0.4) is 0 Å². The summed E-state index contributed by atoms with van der Waals surface area (Å²) >= 11 is 1.21. The van der Waals surface area contributed by atoms with E-state index in [2.05, 4.69) is 20.3 Å². The van der Waals surface area contributed by atoms with Gasteiger partial charge in [0.15, 0.2) is 6.04 Å². The van der Waals surface area contributed by atoms with E-state index >= 15 is 0 Å². The van der Waals surface area contributed by atoms with Crippen molar-refractivity contribution in [1.82, 2.24) is 4.98 Å². The lowest BCUT2D eigenvalue weighted by molar-refractivity contribution is -0.384. The molecule has 2 heterocycles. The number of nitrogens with zero attached hydrogens (tertiary/aromatic N) is 6. The highest BCUT2D eigenvalue weighted by Crippen LogP contribution is 2.32. The predicted molar refractivity (Wildman–Crippen MR) is 116 cm³/mol. The Hall–Kier alpha value is -3.99. The lowest BCUT2D eigenvalue weighted by Gasteiger charge is -2.08. The predicted octanol–water partition coefficient (Wildman–Crippen LogP) is 4.60. The van der Waals surface area contributed by atoms with Gasteiger partial charge in [0, 0.05) is 23.1 Å². The normalized spacial score (nSPS) is 16.1. The summed E-state index contributed by atoms with van der Waals surface area (Å²) in [7, 11) is 1.53. The standard InChI is InChI=1S/C20H16N6O4S/c1-12-18(23-22-15-8-3-4-9-17(15)30-2)19(27)25(24-12)20-21-16(11-31-20)13-6-5-7-14(10-13)26(28)29/h3-11,18H,1-2H3/t18-/m1/s1. The van der Waals surface area contributed by atoms with Crippen molar-refractivity contribution in [3.63, 3.8) is 0 Å². The smallest absolute Gasteiger partial charge is 0.282 e. The zero-order valence-electron chi connectivity index (χ0n) is 16.5. The highest BCUT2D eigenvalue weighted by Gasteiger charge is 2.36. The minimum Gasteiger partial charge on any atom is -0.494 e. The summed E-state index contributed by atoms with van der Waals surface area (Å²) in [5.74, 6) is 0.167. The van der Waals surface area contributed by atoms with Crippen molar-refractivity contribution in [3.05, 3.63) is 64.0 Å². The van der Waals surface area contributed by atoms with Crippen molar-refractivity contribution in [1.29, 1.82) is 0 Å². The SMILES string of the molecule is COc1ccccc1N=N[C@H]1C(=O)N(c2nc(-c3cccc([N+](=O)[O-])c3)cs2)N=C1C. The molecule has 0 saturated carbocycles. The van der Waals surface area contributed by atoms with Crippen LogP contribution in [0.15, 0.2) is 69.2 Å². The Kier molecular flexibility index (Phi) is 5.50. The maximum absolute atomic E-state index is 12.9. The number of methoxy groups -OCH3 is 1. The Morgan fingerprint density at radius 3 is 2.81 bits per heavy atom. The molecule has 0 fully saturated rings. The molecule has 1 atom stereocenters. The first-order chi connectivity index (χ1) is 15.0. The minimum atomic E-state index is -0.866. The van der Waals surface area contributed by atoms with Crippen molar-refractivity contribution in [2.45, 2.75) is 13.0 Å². The molecule has 0 unspecified atom stereocenters. The molecule has 4 rings (SSSR count). The summed E-state index contributed by atoms with van der Waals surface area (Å²) < 4.78 is 5.24. The lowest BCUT2D eigenvalue weighted by Crippen LogP contribution is -2.29. The number of nitro groups is 1. The second-order valence-corrected chi connectivity index (χ2v) is 7.34. The van der Waals surface area contributed by atoms with Gasteiger partial charge >= 0.3 is 0 Å². The zero-order chi connectivity index (χ0) is 22.0. The molecule has 1 amide bonds. The van der Waals surface area contributed by atoms with Gasteiger partial charge < -0.3 is 4.74 Å². The Labute approximate surface area is 180 Å². The molecule has 0 saturated heterocycles. The molecule has 10 nitrogen and oxygen atoms in total. The molecule has 156 valence electrons. The van der Waals surface area contributed by atoms with Crippen molar-refractivity contribution in [2.24, 2.45) is 15.3 Å². The van der Waals surface area contributed by atoms with Crippen LogP contribution >= 0.6 is 11.3 Å². The third-order valence-electron chi connectivity index (χ3n) is 4.49. The molecule has 0 radical (unpaired) electrons. The van der Waals surface area contributed by atoms with Gasteiger partial charge in [-0.05, 0) is 19.1 Å². The van der Waals surface area contributed by atoms with Gasteiger partial charge in [-0.25, -0.2) is 4.98 Å². The number of carbonyl (C=O) groups is 1. The topological polar surface area (TPSA) is 123 Å². The first-order valence-electron chi connectivity index (χ1n) is 9.11. The number of thiazole rings is 1. The molecule has 0 bridgehead atoms. The van der Waals surface area contributed by atoms with Gasteiger partial charge in [0.25, 0.3) is 11.6 Å². The van der Waals surface area contributed by atoms with E-state index in [9.17, 15) is 14.9 Å². The average Bonchev–Trinajstić information content (AvgIpc) is 3.37. The summed E-state index contributed by atoms with van der Waals surface area (Å²) in [6.07, 6.45) is 0. The van der Waals surface area contributed by atoms with Crippen LogP contribution in [0.2, 0.25) is 0 Å². The molecule has 31 heavy (non-hydrogen) atoms. The van der Waals surface area contributed by atoms with Crippen LogP contribution in [0.4, 0.5) is 16.5 Å². The number of para-hydroxylation sites is 1. The summed E-state index contributed by atoms with van der Waals surface area (Å²) in [5, 5.41) is 26.9. The van der Waals surface area contributed by atoms with Gasteiger partial charge in [-0.15, -0.1) is 11.3 Å². The molecule has 1 aliphatic heterocycles. The molecule has 0 aliphatic carbocycles. The second kappa shape index (κ2) is 8.40. The Morgan fingerprint density at radius 1 is 1.23 bits per heavy atom. The number of aromatic nitrogens is 1. The Balaban J connectivity index is 1.56. The number of anilines is 1. The molecule has 3 aromatic rings. The maximum atomic E-state index is 12.9. The number of carbonyl (C=O) groups excluding carboxylic acids is 1. The number of hydrazone groups is 1. The fourth-order valence-corrected chi connectivity index (χ4v) is 3.72. The van der Waals surface area contributed by atoms with E-state index in [1.807, 2.05) is 6.07 Å². The van der Waals surface area contributed by atoms with E-state index < -0.39 is 11.0 Å². The van der Waals surface area contributed by atoms with E-state index in [-0.39, 0.29) is 11.6 Å². The molecule has 1 aromatic heterocycles. The molecular weight excluding hydrogens is 420 g/mol. The fraction of sp³-hybridized carbons (Fsp3) is 0.150. The quantitative estimate of drug-likeness (QED) is 0.317. The molecule has 0 spiro atoms. The molecule has 2 aromatic carbocycles. The van der Waals surface area contributed by atoms with Gasteiger partial charge in [-0.2, -0.15) is 20.3 Å². The molecule has 0 N–H and O–H groups in total. The fourth-order valence-electron chi connectivity index (χ4n) is 2.93. The summed E-state index contributed by atoms with van der Waals surface area (Å²) in [6, 6.07) is 12.4. The third kappa shape index (κ3) is 4.03. The summed E-state index contributed by atoms with van der Waals surface area (Å²) in [5.41, 5.74) is 2.05. The number of hydrogen-bond donors (Lipinski definition) is 0. The van der Waals surface area contributed by atoms with Crippen LogP contribution in [-0.4, -0.2) is 34.7 Å².